The maximum absolute atomic E-state index is 11.0. The molecule has 0 radical (unpaired) electrons. The van der Waals surface area contributed by atoms with Crippen molar-refractivity contribution in [3.05, 3.63) is 52.1 Å². The normalized spacial score (nSPS) is 10.9. The number of esters is 1. The van der Waals surface area contributed by atoms with E-state index in [1.165, 1.54) is 6.92 Å². The minimum atomic E-state index is -0.301. The van der Waals surface area contributed by atoms with Crippen molar-refractivity contribution in [3.8, 4) is 23.0 Å². The van der Waals surface area contributed by atoms with Gasteiger partial charge in [-0.05, 0) is 29.8 Å². The van der Waals surface area contributed by atoms with Crippen LogP contribution in [-0.4, -0.2) is 60.6 Å². The summed E-state index contributed by atoms with van der Waals surface area (Å²) in [5.41, 5.74) is 2.80. The molecule has 0 unspecified atom stereocenters. The highest BCUT2D eigenvalue weighted by Crippen LogP contribution is 2.34. The molecule has 0 amide bonds. The van der Waals surface area contributed by atoms with E-state index in [0.29, 0.717) is 55.1 Å². The number of nitrogens with one attached hydrogen (secondary N) is 2. The zero-order valence-electron chi connectivity index (χ0n) is 20.7. The highest BCUT2D eigenvalue weighted by molar-refractivity contribution is 6.30. The maximum Gasteiger partial charge on any atom is 0.302 e. The number of carbonyl (C=O) groups excluding carboxylic acids is 1. The van der Waals surface area contributed by atoms with Gasteiger partial charge in [-0.3, -0.25) is 4.79 Å². The van der Waals surface area contributed by atoms with E-state index < -0.39 is 0 Å². The molecular weight excluding hydrogens is 495 g/mol. The predicted molar refractivity (Wildman–Crippen MR) is 141 cm³/mol. The van der Waals surface area contributed by atoms with Crippen LogP contribution in [0.25, 0.3) is 6.08 Å². The number of carbonyl (C=O) groups is 1. The largest absolute Gasteiger partial charge is 0.496 e. The molecule has 2 aromatic rings. The Morgan fingerprint density at radius 3 is 2.11 bits per heavy atom. The van der Waals surface area contributed by atoms with Gasteiger partial charge in [0.25, 0.3) is 0 Å². The first kappa shape index (κ1) is 30.4. The summed E-state index contributed by atoms with van der Waals surface area (Å²) >= 11 is 6.21. The molecule has 0 bridgehead atoms. The number of hydrogen-bond donors (Lipinski definition) is 2. The maximum atomic E-state index is 11.0. The number of benzene rings is 2. The summed E-state index contributed by atoms with van der Waals surface area (Å²) in [4.78, 5) is 11.0. The van der Waals surface area contributed by atoms with Gasteiger partial charge >= 0.3 is 5.97 Å². The SMILES string of the molecule is COc1cc(OC)c(CNCC(=Cc2cc(Cl)ccc2OC)CNCCOC(C)=O)c(OC)c1.Cl. The van der Waals surface area contributed by atoms with Crippen molar-refractivity contribution in [2.24, 2.45) is 0 Å². The first-order valence-electron chi connectivity index (χ1n) is 10.8. The molecule has 0 aliphatic carbocycles. The van der Waals surface area contributed by atoms with Crippen LogP contribution in [0.1, 0.15) is 18.1 Å². The summed E-state index contributed by atoms with van der Waals surface area (Å²) in [6.07, 6.45) is 2.03. The Bertz CT molecular complexity index is 959. The second-order valence-corrected chi connectivity index (χ2v) is 7.76. The molecular formula is C25H34Cl2N2O6. The first-order valence-corrected chi connectivity index (χ1v) is 11.2. The molecule has 0 atom stereocenters. The van der Waals surface area contributed by atoms with Gasteiger partial charge in [-0.1, -0.05) is 11.6 Å². The molecule has 0 fully saturated rings. The van der Waals surface area contributed by atoms with Gasteiger partial charge in [-0.25, -0.2) is 0 Å². The van der Waals surface area contributed by atoms with E-state index in [1.54, 1.807) is 34.5 Å². The van der Waals surface area contributed by atoms with Crippen LogP contribution in [0.5, 0.6) is 23.0 Å². The van der Waals surface area contributed by atoms with Crippen molar-refractivity contribution in [1.29, 1.82) is 0 Å². The van der Waals surface area contributed by atoms with E-state index in [-0.39, 0.29) is 18.4 Å². The molecule has 8 nitrogen and oxygen atoms in total. The van der Waals surface area contributed by atoms with Crippen molar-refractivity contribution in [3.63, 3.8) is 0 Å². The van der Waals surface area contributed by atoms with Crippen molar-refractivity contribution in [1.82, 2.24) is 10.6 Å². The van der Waals surface area contributed by atoms with Gasteiger partial charge in [0.2, 0.25) is 0 Å². The lowest BCUT2D eigenvalue weighted by Crippen LogP contribution is -2.27. The Hall–Kier alpha value is -2.65. The van der Waals surface area contributed by atoms with Crippen molar-refractivity contribution in [2.45, 2.75) is 13.5 Å². The molecule has 2 N–H and O–H groups in total. The molecule has 0 heterocycles. The Morgan fingerprint density at radius 2 is 1.54 bits per heavy atom. The van der Waals surface area contributed by atoms with Crippen LogP contribution in [0, 0.1) is 0 Å². The van der Waals surface area contributed by atoms with Crippen LogP contribution in [0.3, 0.4) is 0 Å². The molecule has 194 valence electrons. The fourth-order valence-corrected chi connectivity index (χ4v) is 3.50. The molecule has 0 aliphatic heterocycles. The fraction of sp³-hybridized carbons (Fsp3) is 0.400. The molecule has 0 spiro atoms. The van der Waals surface area contributed by atoms with Gasteiger partial charge in [-0.2, -0.15) is 0 Å². The van der Waals surface area contributed by atoms with E-state index in [0.717, 1.165) is 22.4 Å². The van der Waals surface area contributed by atoms with Gasteiger partial charge in [0.15, 0.2) is 0 Å². The molecule has 2 aromatic carbocycles. The highest BCUT2D eigenvalue weighted by atomic mass is 35.5. The third kappa shape index (κ3) is 9.85. The average molecular weight is 529 g/mol. The first-order chi connectivity index (χ1) is 16.4. The van der Waals surface area contributed by atoms with Gasteiger partial charge < -0.3 is 34.3 Å². The molecule has 0 saturated heterocycles. The summed E-state index contributed by atoms with van der Waals surface area (Å²) in [5.74, 6) is 2.42. The third-order valence-electron chi connectivity index (χ3n) is 4.96. The Morgan fingerprint density at radius 1 is 0.914 bits per heavy atom. The minimum Gasteiger partial charge on any atom is -0.496 e. The zero-order valence-corrected chi connectivity index (χ0v) is 22.3. The van der Waals surface area contributed by atoms with Crippen LogP contribution in [0.2, 0.25) is 5.02 Å². The van der Waals surface area contributed by atoms with Crippen molar-refractivity contribution < 1.29 is 28.5 Å². The van der Waals surface area contributed by atoms with Crippen molar-refractivity contribution >= 4 is 36.1 Å². The van der Waals surface area contributed by atoms with Gasteiger partial charge in [-0.15, -0.1) is 12.4 Å². The van der Waals surface area contributed by atoms with Crippen molar-refractivity contribution in [2.75, 3.05) is 54.7 Å². The summed E-state index contributed by atoms with van der Waals surface area (Å²) < 4.78 is 26.9. The summed E-state index contributed by atoms with van der Waals surface area (Å²) in [5, 5.41) is 7.37. The van der Waals surface area contributed by atoms with E-state index in [4.69, 9.17) is 35.3 Å². The van der Waals surface area contributed by atoms with Gasteiger partial charge in [0, 0.05) is 55.8 Å². The van der Waals surface area contributed by atoms with Crippen LogP contribution >= 0.6 is 24.0 Å². The Kier molecular flexibility index (Phi) is 14.0. The second-order valence-electron chi connectivity index (χ2n) is 7.32. The summed E-state index contributed by atoms with van der Waals surface area (Å²) in [6, 6.07) is 9.12. The average Bonchev–Trinajstić information content (AvgIpc) is 2.83. The van der Waals surface area contributed by atoms with E-state index in [2.05, 4.69) is 10.6 Å². The number of ether oxygens (including phenoxy) is 5. The predicted octanol–water partition coefficient (Wildman–Crippen LogP) is 4.12. The van der Waals surface area contributed by atoms with Crippen LogP contribution in [0.15, 0.2) is 35.9 Å². The number of halogens is 2. The molecule has 35 heavy (non-hydrogen) atoms. The standard InChI is InChI=1S/C25H33ClN2O6.ClH/c1-17(29)34-9-8-27-14-18(10-19-11-20(26)6-7-23(19)31-3)15-28-16-22-24(32-4)12-21(30-2)13-25(22)33-5;/h6-7,10-13,27-28H,8-9,14-16H2,1-5H3;1H. The Balaban J connectivity index is 0.00000612. The fourth-order valence-electron chi connectivity index (χ4n) is 3.32. The Labute approximate surface area is 218 Å². The smallest absolute Gasteiger partial charge is 0.302 e. The number of rotatable bonds is 14. The molecule has 0 aliphatic rings. The minimum absolute atomic E-state index is 0. The number of hydrogen-bond acceptors (Lipinski definition) is 8. The zero-order chi connectivity index (χ0) is 24.9. The molecule has 0 aromatic heterocycles. The summed E-state index contributed by atoms with van der Waals surface area (Å²) in [7, 11) is 6.45. The molecule has 10 heteroatoms. The van der Waals surface area contributed by atoms with Crippen LogP contribution in [-0.2, 0) is 16.1 Å². The monoisotopic (exact) mass is 528 g/mol. The van der Waals surface area contributed by atoms with E-state index in [9.17, 15) is 4.79 Å². The lowest BCUT2D eigenvalue weighted by Gasteiger charge is -2.17. The highest BCUT2D eigenvalue weighted by Gasteiger charge is 2.13. The molecule has 0 saturated carbocycles. The second kappa shape index (κ2) is 16.1. The lowest BCUT2D eigenvalue weighted by atomic mass is 10.1. The summed E-state index contributed by atoms with van der Waals surface area (Å²) in [6.45, 7) is 3.87. The topological polar surface area (TPSA) is 87.3 Å². The quantitative estimate of drug-likeness (QED) is 0.279. The van der Waals surface area contributed by atoms with Crippen LogP contribution in [0.4, 0.5) is 0 Å². The van der Waals surface area contributed by atoms with E-state index in [1.807, 2.05) is 30.3 Å². The van der Waals surface area contributed by atoms with Gasteiger partial charge in [0.05, 0.1) is 34.0 Å². The number of methoxy groups -OCH3 is 4. The van der Waals surface area contributed by atoms with E-state index >= 15 is 0 Å². The lowest BCUT2D eigenvalue weighted by molar-refractivity contribution is -0.140. The third-order valence-corrected chi connectivity index (χ3v) is 5.19. The van der Waals surface area contributed by atoms with Crippen LogP contribution < -0.4 is 29.6 Å². The van der Waals surface area contributed by atoms with Gasteiger partial charge in [0.1, 0.15) is 29.6 Å². The molecule has 2 rings (SSSR count).